The fraction of sp³-hybridized carbons (Fsp3) is 0.200. The summed E-state index contributed by atoms with van der Waals surface area (Å²) in [5, 5.41) is 9.25. The molecule has 0 aromatic heterocycles. The average Bonchev–Trinajstić information content (AvgIpc) is 2.46. The minimum Gasteiger partial charge on any atom is -0.508 e. The van der Waals surface area contributed by atoms with E-state index in [0.717, 1.165) is 10.0 Å². The van der Waals surface area contributed by atoms with Crippen LogP contribution < -0.4 is 4.72 Å². The molecule has 1 unspecified atom stereocenters. The molecule has 0 heterocycles. The van der Waals surface area contributed by atoms with Crippen LogP contribution in [0.15, 0.2) is 57.9 Å². The number of phenols is 1. The molecule has 2 N–H and O–H groups in total. The molecule has 0 spiro atoms. The molecule has 4 nitrogen and oxygen atoms in total. The first kappa shape index (κ1) is 16.0. The van der Waals surface area contributed by atoms with Crippen LogP contribution in [0, 0.1) is 0 Å². The minimum atomic E-state index is -3.51. The largest absolute Gasteiger partial charge is 0.508 e. The summed E-state index contributed by atoms with van der Waals surface area (Å²) in [5.74, 6) is 0.206. The van der Waals surface area contributed by atoms with E-state index >= 15 is 0 Å². The Morgan fingerprint density at radius 1 is 1.10 bits per heavy atom. The van der Waals surface area contributed by atoms with E-state index in [0.29, 0.717) is 6.54 Å². The number of phenolic OH excluding ortho intramolecular Hbond substituents is 1. The first-order valence-corrected chi connectivity index (χ1v) is 8.70. The van der Waals surface area contributed by atoms with Gasteiger partial charge in [-0.1, -0.05) is 35.0 Å². The molecule has 0 saturated carbocycles. The lowest BCUT2D eigenvalue weighted by molar-refractivity contribution is 0.475. The van der Waals surface area contributed by atoms with Crippen LogP contribution in [0.1, 0.15) is 18.4 Å². The number of nitrogens with one attached hydrogen (secondary N) is 1. The van der Waals surface area contributed by atoms with Crippen LogP contribution in [0.5, 0.6) is 5.75 Å². The molecule has 0 saturated heterocycles. The minimum absolute atomic E-state index is 0.0100. The van der Waals surface area contributed by atoms with Gasteiger partial charge in [-0.15, -0.1) is 0 Å². The van der Waals surface area contributed by atoms with E-state index in [9.17, 15) is 13.5 Å². The van der Waals surface area contributed by atoms with Crippen LogP contribution in [-0.4, -0.2) is 20.1 Å². The van der Waals surface area contributed by atoms with Gasteiger partial charge >= 0.3 is 0 Å². The molecular formula is C15H16BrNO3S. The van der Waals surface area contributed by atoms with Gasteiger partial charge in [0.05, 0.1) is 4.90 Å². The third-order valence-corrected chi connectivity index (χ3v) is 5.13. The summed E-state index contributed by atoms with van der Waals surface area (Å²) in [6, 6.07) is 13.2. The van der Waals surface area contributed by atoms with Crippen molar-refractivity contribution >= 4 is 26.0 Å². The van der Waals surface area contributed by atoms with E-state index in [1.54, 1.807) is 48.5 Å². The third kappa shape index (κ3) is 4.30. The van der Waals surface area contributed by atoms with Crippen molar-refractivity contribution in [2.75, 3.05) is 6.54 Å². The number of rotatable bonds is 5. The quantitative estimate of drug-likeness (QED) is 0.849. The average molecular weight is 370 g/mol. The van der Waals surface area contributed by atoms with E-state index in [1.165, 1.54) is 0 Å². The highest BCUT2D eigenvalue weighted by Gasteiger charge is 2.15. The highest BCUT2D eigenvalue weighted by Crippen LogP contribution is 2.19. The molecule has 0 aliphatic carbocycles. The van der Waals surface area contributed by atoms with Gasteiger partial charge in [0.25, 0.3) is 0 Å². The molecule has 6 heteroatoms. The second-order valence-electron chi connectivity index (χ2n) is 4.80. The molecule has 2 rings (SSSR count). The Morgan fingerprint density at radius 3 is 2.24 bits per heavy atom. The molecular weight excluding hydrogens is 354 g/mol. The van der Waals surface area contributed by atoms with Crippen molar-refractivity contribution in [3.63, 3.8) is 0 Å². The Kier molecular flexibility index (Phi) is 5.03. The van der Waals surface area contributed by atoms with Crippen molar-refractivity contribution in [2.45, 2.75) is 17.7 Å². The fourth-order valence-corrected chi connectivity index (χ4v) is 3.25. The lowest BCUT2D eigenvalue weighted by Gasteiger charge is -2.13. The van der Waals surface area contributed by atoms with Gasteiger partial charge in [-0.25, -0.2) is 13.1 Å². The van der Waals surface area contributed by atoms with Gasteiger partial charge < -0.3 is 5.11 Å². The molecule has 1 atom stereocenters. The van der Waals surface area contributed by atoms with Crippen LogP contribution in [0.3, 0.4) is 0 Å². The smallest absolute Gasteiger partial charge is 0.240 e. The second kappa shape index (κ2) is 6.60. The van der Waals surface area contributed by atoms with Gasteiger partial charge in [0.2, 0.25) is 10.0 Å². The SMILES string of the molecule is CC(CNS(=O)(=O)c1ccc(Br)cc1)c1ccc(O)cc1. The first-order valence-electron chi connectivity index (χ1n) is 6.42. The van der Waals surface area contributed by atoms with Gasteiger partial charge in [-0.3, -0.25) is 0 Å². The number of halogens is 1. The van der Waals surface area contributed by atoms with E-state index in [-0.39, 0.29) is 16.6 Å². The molecule has 0 bridgehead atoms. The van der Waals surface area contributed by atoms with Gasteiger partial charge in [0.15, 0.2) is 0 Å². The summed E-state index contributed by atoms with van der Waals surface area (Å²) in [5.41, 5.74) is 0.964. The van der Waals surface area contributed by atoms with Crippen LogP contribution in [-0.2, 0) is 10.0 Å². The van der Waals surface area contributed by atoms with Crippen molar-refractivity contribution in [1.82, 2.24) is 4.72 Å². The number of hydrogen-bond acceptors (Lipinski definition) is 3. The zero-order chi connectivity index (χ0) is 15.5. The molecule has 112 valence electrons. The predicted molar refractivity (Wildman–Crippen MR) is 85.9 cm³/mol. The molecule has 21 heavy (non-hydrogen) atoms. The van der Waals surface area contributed by atoms with E-state index in [1.807, 2.05) is 6.92 Å². The number of benzene rings is 2. The Bertz CT molecular complexity index is 697. The summed E-state index contributed by atoms with van der Waals surface area (Å²) in [4.78, 5) is 0.239. The second-order valence-corrected chi connectivity index (χ2v) is 7.48. The summed E-state index contributed by atoms with van der Waals surface area (Å²) in [6.07, 6.45) is 0. The van der Waals surface area contributed by atoms with Crippen molar-refractivity contribution < 1.29 is 13.5 Å². The number of aromatic hydroxyl groups is 1. The van der Waals surface area contributed by atoms with E-state index < -0.39 is 10.0 Å². The summed E-state index contributed by atoms with van der Waals surface area (Å²) in [7, 11) is -3.51. The van der Waals surface area contributed by atoms with Gasteiger partial charge in [0, 0.05) is 11.0 Å². The van der Waals surface area contributed by atoms with Gasteiger partial charge in [-0.2, -0.15) is 0 Å². The van der Waals surface area contributed by atoms with Crippen LogP contribution >= 0.6 is 15.9 Å². The zero-order valence-electron chi connectivity index (χ0n) is 11.5. The highest BCUT2D eigenvalue weighted by molar-refractivity contribution is 9.10. The van der Waals surface area contributed by atoms with Crippen LogP contribution in [0.4, 0.5) is 0 Å². The highest BCUT2D eigenvalue weighted by atomic mass is 79.9. The van der Waals surface area contributed by atoms with Gasteiger partial charge in [-0.05, 0) is 47.9 Å². The maximum atomic E-state index is 12.2. The predicted octanol–water partition coefficient (Wildman–Crippen LogP) is 3.24. The zero-order valence-corrected chi connectivity index (χ0v) is 13.9. The van der Waals surface area contributed by atoms with E-state index in [4.69, 9.17) is 0 Å². The standard InChI is InChI=1S/C15H16BrNO3S/c1-11(12-2-6-14(18)7-3-12)10-17-21(19,20)15-8-4-13(16)5-9-15/h2-9,11,17-18H,10H2,1H3. The maximum absolute atomic E-state index is 12.2. The number of sulfonamides is 1. The first-order chi connectivity index (χ1) is 9.88. The maximum Gasteiger partial charge on any atom is 0.240 e. The molecule has 0 amide bonds. The Labute approximate surface area is 133 Å². The molecule has 0 fully saturated rings. The Hall–Kier alpha value is -1.37. The molecule has 0 aliphatic heterocycles. The summed E-state index contributed by atoms with van der Waals surface area (Å²) < 4.78 is 27.8. The van der Waals surface area contributed by atoms with Crippen LogP contribution in [0.25, 0.3) is 0 Å². The molecule has 0 radical (unpaired) electrons. The number of hydrogen-bond donors (Lipinski definition) is 2. The molecule has 2 aromatic rings. The van der Waals surface area contributed by atoms with Crippen molar-refractivity contribution in [3.05, 3.63) is 58.6 Å². The van der Waals surface area contributed by atoms with Gasteiger partial charge in [0.1, 0.15) is 5.75 Å². The lowest BCUT2D eigenvalue weighted by atomic mass is 10.0. The third-order valence-electron chi connectivity index (χ3n) is 3.17. The summed E-state index contributed by atoms with van der Waals surface area (Å²) in [6.45, 7) is 2.22. The fourth-order valence-electron chi connectivity index (χ4n) is 1.85. The van der Waals surface area contributed by atoms with Crippen molar-refractivity contribution in [1.29, 1.82) is 0 Å². The van der Waals surface area contributed by atoms with Crippen molar-refractivity contribution in [3.8, 4) is 5.75 Å². The van der Waals surface area contributed by atoms with Crippen molar-refractivity contribution in [2.24, 2.45) is 0 Å². The monoisotopic (exact) mass is 369 g/mol. The normalized spacial score (nSPS) is 13.0. The summed E-state index contributed by atoms with van der Waals surface area (Å²) >= 11 is 3.28. The van der Waals surface area contributed by atoms with E-state index in [2.05, 4.69) is 20.7 Å². The Balaban J connectivity index is 2.04. The molecule has 0 aliphatic rings. The lowest BCUT2D eigenvalue weighted by Crippen LogP contribution is -2.27. The molecule has 2 aromatic carbocycles. The topological polar surface area (TPSA) is 66.4 Å². The Morgan fingerprint density at radius 2 is 1.67 bits per heavy atom. The van der Waals surface area contributed by atoms with Crippen LogP contribution in [0.2, 0.25) is 0 Å².